The van der Waals surface area contributed by atoms with Crippen LogP contribution in [-0.4, -0.2) is 35.9 Å². The van der Waals surface area contributed by atoms with Gasteiger partial charge < -0.3 is 19.9 Å². The van der Waals surface area contributed by atoms with Gasteiger partial charge in [0.1, 0.15) is 0 Å². The first-order valence-corrected chi connectivity index (χ1v) is 3.24. The van der Waals surface area contributed by atoms with Gasteiger partial charge >= 0.3 is 6.03 Å². The summed E-state index contributed by atoms with van der Waals surface area (Å²) in [5.74, 6) is -2.09. The Morgan fingerprint density at radius 3 is 2.67 bits per heavy atom. The van der Waals surface area contributed by atoms with Crippen molar-refractivity contribution >= 4 is 17.9 Å². The summed E-state index contributed by atoms with van der Waals surface area (Å²) in [4.78, 5) is 24.9. The van der Waals surface area contributed by atoms with Crippen LogP contribution in [0.1, 0.15) is 6.42 Å². The molecule has 6 nitrogen and oxygen atoms in total. The highest BCUT2D eigenvalue weighted by Crippen LogP contribution is 2.10. The maximum Gasteiger partial charge on any atom is 0.342 e. The molecule has 0 saturated heterocycles. The van der Waals surface area contributed by atoms with Crippen molar-refractivity contribution in [3.8, 4) is 0 Å². The van der Waals surface area contributed by atoms with Crippen molar-refractivity contribution in [3.63, 3.8) is 0 Å². The number of aliphatic imine (C=N–C) groups is 1. The molecule has 2 amide bonds. The van der Waals surface area contributed by atoms with Crippen molar-refractivity contribution in [2.45, 2.75) is 12.5 Å². The average molecular weight is 170 g/mol. The molecule has 1 aliphatic heterocycles. The highest BCUT2D eigenvalue weighted by molar-refractivity contribution is 5.99. The molecule has 6 heteroatoms. The van der Waals surface area contributed by atoms with Crippen LogP contribution < -0.4 is 10.2 Å². The number of amides is 2. The first-order chi connectivity index (χ1) is 5.52. The third kappa shape index (κ3) is 1.36. The lowest BCUT2D eigenvalue weighted by Crippen LogP contribution is -2.43. The SMILES string of the molecule is CN1C(=O)N=C([O-])C1CC(=O)[O-]. The first kappa shape index (κ1) is 8.51. The largest absolute Gasteiger partial charge is 0.860 e. The van der Waals surface area contributed by atoms with E-state index in [4.69, 9.17) is 0 Å². The molecular formula is C6H6N2O4-2. The summed E-state index contributed by atoms with van der Waals surface area (Å²) < 4.78 is 0. The fraction of sp³-hybridized carbons (Fsp3) is 0.500. The van der Waals surface area contributed by atoms with E-state index in [2.05, 4.69) is 4.99 Å². The van der Waals surface area contributed by atoms with Gasteiger partial charge in [0.15, 0.2) is 0 Å². The molecule has 0 radical (unpaired) electrons. The molecule has 1 rings (SSSR count). The van der Waals surface area contributed by atoms with Crippen LogP contribution in [-0.2, 0) is 4.79 Å². The number of carboxylic acids is 1. The number of carbonyl (C=O) groups excluding carboxylic acids is 2. The topological polar surface area (TPSA) is 95.9 Å². The van der Waals surface area contributed by atoms with Gasteiger partial charge in [-0.2, -0.15) is 0 Å². The molecule has 0 N–H and O–H groups in total. The molecule has 0 spiro atoms. The van der Waals surface area contributed by atoms with Gasteiger partial charge in [-0.25, -0.2) is 9.79 Å². The molecule has 0 fully saturated rings. The zero-order valence-electron chi connectivity index (χ0n) is 6.31. The molecule has 0 aromatic heterocycles. The van der Waals surface area contributed by atoms with Gasteiger partial charge in [-0.3, -0.25) is 0 Å². The Morgan fingerprint density at radius 1 is 1.75 bits per heavy atom. The van der Waals surface area contributed by atoms with E-state index in [1.165, 1.54) is 7.05 Å². The Morgan fingerprint density at radius 2 is 2.33 bits per heavy atom. The Kier molecular flexibility index (Phi) is 1.99. The molecular weight excluding hydrogens is 164 g/mol. The minimum absolute atomic E-state index is 0.495. The Labute approximate surface area is 68.1 Å². The normalized spacial score (nSPS) is 22.8. The van der Waals surface area contributed by atoms with E-state index in [1.54, 1.807) is 0 Å². The molecule has 1 aliphatic rings. The van der Waals surface area contributed by atoms with Crippen LogP contribution in [0.4, 0.5) is 4.79 Å². The fourth-order valence-corrected chi connectivity index (χ4v) is 0.929. The summed E-state index contributed by atoms with van der Waals surface area (Å²) in [5, 5.41) is 20.9. The number of carboxylic acid groups (broad SMARTS) is 1. The number of urea groups is 1. The number of nitrogens with zero attached hydrogens (tertiary/aromatic N) is 2. The zero-order chi connectivity index (χ0) is 9.30. The van der Waals surface area contributed by atoms with Crippen molar-refractivity contribution in [1.82, 2.24) is 4.90 Å². The van der Waals surface area contributed by atoms with E-state index >= 15 is 0 Å². The smallest absolute Gasteiger partial charge is 0.342 e. The molecule has 0 saturated carbocycles. The molecule has 0 aliphatic carbocycles. The van der Waals surface area contributed by atoms with Gasteiger partial charge in [0.05, 0.1) is 6.04 Å². The predicted molar refractivity (Wildman–Crippen MR) is 34.0 cm³/mol. The molecule has 1 unspecified atom stereocenters. The highest BCUT2D eigenvalue weighted by atomic mass is 16.4. The standard InChI is InChI=1S/C6H8N2O4/c1-8-3(2-4(9)10)5(11)7-6(8)12/h3H,2H2,1H3,(H,9,10)(H,7,11,12)/p-2. The van der Waals surface area contributed by atoms with E-state index in [-0.39, 0.29) is 0 Å². The lowest BCUT2D eigenvalue weighted by atomic mass is 10.2. The quantitative estimate of drug-likeness (QED) is 0.451. The molecule has 0 aromatic rings. The predicted octanol–water partition coefficient (Wildman–Crippen LogP) is -2.68. The van der Waals surface area contributed by atoms with Gasteiger partial charge in [0.25, 0.3) is 0 Å². The molecule has 1 heterocycles. The van der Waals surface area contributed by atoms with Gasteiger partial charge in [-0.05, 0) is 5.90 Å². The number of rotatable bonds is 2. The minimum Gasteiger partial charge on any atom is -0.860 e. The zero-order valence-corrected chi connectivity index (χ0v) is 6.31. The van der Waals surface area contributed by atoms with Crippen LogP contribution in [0.2, 0.25) is 0 Å². The summed E-state index contributed by atoms with van der Waals surface area (Å²) in [7, 11) is 1.32. The summed E-state index contributed by atoms with van der Waals surface area (Å²) in [6.45, 7) is 0. The molecule has 0 bridgehead atoms. The monoisotopic (exact) mass is 170 g/mol. The summed E-state index contributed by atoms with van der Waals surface area (Å²) in [6.07, 6.45) is -0.495. The number of hydrogen-bond acceptors (Lipinski definition) is 4. The van der Waals surface area contributed by atoms with Gasteiger partial charge in [-0.15, -0.1) is 0 Å². The maximum atomic E-state index is 10.8. The summed E-state index contributed by atoms with van der Waals surface area (Å²) in [6, 6.07) is -1.69. The van der Waals surface area contributed by atoms with Crippen molar-refractivity contribution in [1.29, 1.82) is 0 Å². The van der Waals surface area contributed by atoms with Crippen molar-refractivity contribution in [2.75, 3.05) is 7.05 Å². The van der Waals surface area contributed by atoms with Crippen molar-refractivity contribution in [2.24, 2.45) is 4.99 Å². The third-order valence-electron chi connectivity index (χ3n) is 1.62. The second-order valence-electron chi connectivity index (χ2n) is 2.44. The van der Waals surface area contributed by atoms with Crippen molar-refractivity contribution in [3.05, 3.63) is 0 Å². The fourth-order valence-electron chi connectivity index (χ4n) is 0.929. The lowest BCUT2D eigenvalue weighted by Gasteiger charge is -2.23. The van der Waals surface area contributed by atoms with Crippen LogP contribution in [0, 0.1) is 0 Å². The molecule has 1 atom stereocenters. The molecule has 66 valence electrons. The van der Waals surface area contributed by atoms with Gasteiger partial charge in [0, 0.05) is 19.4 Å². The third-order valence-corrected chi connectivity index (χ3v) is 1.62. The number of aliphatic carboxylic acids is 1. The Hall–Kier alpha value is -1.59. The van der Waals surface area contributed by atoms with Crippen LogP contribution in [0.25, 0.3) is 0 Å². The summed E-state index contributed by atoms with van der Waals surface area (Å²) in [5.41, 5.74) is 0. The van der Waals surface area contributed by atoms with Crippen molar-refractivity contribution < 1.29 is 19.8 Å². The van der Waals surface area contributed by atoms with Gasteiger partial charge in [-0.1, -0.05) is 0 Å². The maximum absolute atomic E-state index is 10.8. The highest BCUT2D eigenvalue weighted by Gasteiger charge is 2.25. The second-order valence-corrected chi connectivity index (χ2v) is 2.44. The van der Waals surface area contributed by atoms with E-state index < -0.39 is 30.4 Å². The van der Waals surface area contributed by atoms with Gasteiger partial charge in [0.2, 0.25) is 0 Å². The molecule has 12 heavy (non-hydrogen) atoms. The number of carbonyl (C=O) groups is 2. The molecule has 0 aromatic carbocycles. The van der Waals surface area contributed by atoms with E-state index in [0.29, 0.717) is 0 Å². The number of likely N-dealkylation sites (N-methyl/N-ethyl adjacent to an activating group) is 1. The average Bonchev–Trinajstić information content (AvgIpc) is 2.16. The lowest BCUT2D eigenvalue weighted by molar-refractivity contribution is -0.307. The van der Waals surface area contributed by atoms with Crippen LogP contribution in [0.15, 0.2) is 4.99 Å². The number of hydrogen-bond donors (Lipinski definition) is 0. The Balaban J connectivity index is 2.72. The van der Waals surface area contributed by atoms with Crippen LogP contribution in [0.3, 0.4) is 0 Å². The van der Waals surface area contributed by atoms with E-state index in [1.807, 2.05) is 0 Å². The van der Waals surface area contributed by atoms with Crippen LogP contribution >= 0.6 is 0 Å². The Bertz CT molecular complexity index is 260. The minimum atomic E-state index is -1.37. The first-order valence-electron chi connectivity index (χ1n) is 3.24. The van der Waals surface area contributed by atoms with E-state index in [9.17, 15) is 19.8 Å². The second kappa shape index (κ2) is 2.80. The van der Waals surface area contributed by atoms with E-state index in [0.717, 1.165) is 4.90 Å². The summed E-state index contributed by atoms with van der Waals surface area (Å²) >= 11 is 0. The van der Waals surface area contributed by atoms with Crippen LogP contribution in [0.5, 0.6) is 0 Å².